The predicted molar refractivity (Wildman–Crippen MR) is 116 cm³/mol. The van der Waals surface area contributed by atoms with Crippen LogP contribution in [0.2, 0.25) is 0 Å². The average molecular weight is 480 g/mol. The zero-order valence-electron chi connectivity index (χ0n) is 15.4. The Morgan fingerprint density at radius 3 is 2.39 bits per heavy atom. The fourth-order valence-corrected chi connectivity index (χ4v) is 5.23. The molecule has 6 nitrogen and oxygen atoms in total. The fraction of sp³-hybridized carbons (Fsp3) is 0.158. The van der Waals surface area contributed by atoms with E-state index in [0.717, 1.165) is 21.4 Å². The summed E-state index contributed by atoms with van der Waals surface area (Å²) >= 11 is 4.34. The van der Waals surface area contributed by atoms with E-state index in [4.69, 9.17) is 0 Å². The first-order valence-corrected chi connectivity index (χ1v) is 11.4. The van der Waals surface area contributed by atoms with Gasteiger partial charge in [-0.15, -0.1) is 0 Å². The van der Waals surface area contributed by atoms with Gasteiger partial charge in [0.25, 0.3) is 15.9 Å². The third-order valence-electron chi connectivity index (χ3n) is 3.95. The van der Waals surface area contributed by atoms with Gasteiger partial charge in [0.1, 0.15) is 4.88 Å². The van der Waals surface area contributed by atoms with Crippen LogP contribution in [0.5, 0.6) is 0 Å². The molecule has 0 aliphatic carbocycles. The number of carbonyl (C=O) groups is 1. The molecule has 28 heavy (non-hydrogen) atoms. The summed E-state index contributed by atoms with van der Waals surface area (Å²) in [6.45, 7) is 5.31. The number of thiazole rings is 1. The van der Waals surface area contributed by atoms with E-state index in [1.165, 1.54) is 0 Å². The van der Waals surface area contributed by atoms with Crippen molar-refractivity contribution in [2.45, 2.75) is 25.7 Å². The SMILES string of the molecule is Cc1ccc(S(=O)(=O)Nc2nc(C)c(C(=O)Nc3ccc(Br)cc3)s2)c(C)c1. The molecular formula is C19H18BrN3O3S2. The number of nitrogens with zero attached hydrogens (tertiary/aromatic N) is 1. The third-order valence-corrected chi connectivity index (χ3v) is 7.18. The van der Waals surface area contributed by atoms with Crippen LogP contribution in [0, 0.1) is 20.8 Å². The highest BCUT2D eigenvalue weighted by atomic mass is 79.9. The van der Waals surface area contributed by atoms with Gasteiger partial charge in [-0.3, -0.25) is 9.52 Å². The number of rotatable bonds is 5. The van der Waals surface area contributed by atoms with Gasteiger partial charge in [-0.2, -0.15) is 0 Å². The van der Waals surface area contributed by atoms with Crippen molar-refractivity contribution in [2.24, 2.45) is 0 Å². The standard InChI is InChI=1S/C19H18BrN3O3S2/c1-11-4-9-16(12(2)10-11)28(25,26)23-19-21-13(3)17(27-19)18(24)22-15-7-5-14(20)6-8-15/h4-10H,1-3H3,(H,21,23)(H,22,24). The molecule has 0 fully saturated rings. The molecule has 0 radical (unpaired) electrons. The minimum Gasteiger partial charge on any atom is -0.321 e. The predicted octanol–water partition coefficient (Wildman–Crippen LogP) is 4.88. The van der Waals surface area contributed by atoms with Crippen LogP contribution in [0.1, 0.15) is 26.5 Å². The Morgan fingerprint density at radius 2 is 1.75 bits per heavy atom. The molecule has 0 unspecified atom stereocenters. The molecule has 0 aliphatic heterocycles. The van der Waals surface area contributed by atoms with Gasteiger partial charge in [-0.25, -0.2) is 13.4 Å². The first-order chi connectivity index (χ1) is 13.2. The van der Waals surface area contributed by atoms with E-state index < -0.39 is 10.0 Å². The van der Waals surface area contributed by atoms with Crippen LogP contribution in [0.25, 0.3) is 0 Å². The van der Waals surface area contributed by atoms with Crippen molar-refractivity contribution in [3.63, 3.8) is 0 Å². The maximum absolute atomic E-state index is 12.7. The molecule has 0 atom stereocenters. The lowest BCUT2D eigenvalue weighted by atomic mass is 10.2. The molecule has 0 aliphatic rings. The van der Waals surface area contributed by atoms with Crippen LogP contribution in [-0.4, -0.2) is 19.3 Å². The number of aryl methyl sites for hydroxylation is 3. The Bertz CT molecular complexity index is 1140. The first-order valence-electron chi connectivity index (χ1n) is 8.30. The fourth-order valence-electron chi connectivity index (χ4n) is 2.64. The van der Waals surface area contributed by atoms with E-state index in [1.54, 1.807) is 44.2 Å². The van der Waals surface area contributed by atoms with Gasteiger partial charge in [-0.1, -0.05) is 45.0 Å². The first kappa shape index (κ1) is 20.5. The van der Waals surface area contributed by atoms with Crippen LogP contribution < -0.4 is 10.0 Å². The Morgan fingerprint density at radius 1 is 1.07 bits per heavy atom. The van der Waals surface area contributed by atoms with Crippen LogP contribution in [0.3, 0.4) is 0 Å². The van der Waals surface area contributed by atoms with Crippen LogP contribution in [0.4, 0.5) is 10.8 Å². The van der Waals surface area contributed by atoms with E-state index in [0.29, 0.717) is 21.8 Å². The van der Waals surface area contributed by atoms with Crippen molar-refractivity contribution in [1.82, 2.24) is 4.98 Å². The lowest BCUT2D eigenvalue weighted by Gasteiger charge is -2.08. The summed E-state index contributed by atoms with van der Waals surface area (Å²) in [6.07, 6.45) is 0. The molecule has 1 aromatic heterocycles. The van der Waals surface area contributed by atoms with Crippen LogP contribution in [-0.2, 0) is 10.0 Å². The summed E-state index contributed by atoms with van der Waals surface area (Å²) in [5.74, 6) is -0.339. The number of halogens is 1. The monoisotopic (exact) mass is 479 g/mol. The lowest BCUT2D eigenvalue weighted by molar-refractivity contribution is 0.103. The average Bonchev–Trinajstić information content (AvgIpc) is 2.96. The van der Waals surface area contributed by atoms with E-state index in [1.807, 2.05) is 19.1 Å². The second-order valence-electron chi connectivity index (χ2n) is 6.27. The molecule has 0 bridgehead atoms. The van der Waals surface area contributed by atoms with Crippen molar-refractivity contribution >= 4 is 54.0 Å². The van der Waals surface area contributed by atoms with Gasteiger partial charge in [0.05, 0.1) is 10.6 Å². The molecule has 9 heteroatoms. The van der Waals surface area contributed by atoms with E-state index >= 15 is 0 Å². The summed E-state index contributed by atoms with van der Waals surface area (Å²) in [5, 5.41) is 2.93. The Hall–Kier alpha value is -2.23. The van der Waals surface area contributed by atoms with Gasteiger partial charge in [0.2, 0.25) is 0 Å². The van der Waals surface area contributed by atoms with Gasteiger partial charge < -0.3 is 5.32 Å². The zero-order valence-corrected chi connectivity index (χ0v) is 18.6. The molecule has 0 saturated heterocycles. The smallest absolute Gasteiger partial charge is 0.267 e. The number of amides is 1. The summed E-state index contributed by atoms with van der Waals surface area (Å²) in [7, 11) is -3.79. The van der Waals surface area contributed by atoms with Crippen molar-refractivity contribution in [2.75, 3.05) is 10.0 Å². The quantitative estimate of drug-likeness (QED) is 0.545. The third kappa shape index (κ3) is 4.60. The second kappa shape index (κ2) is 8.02. The van der Waals surface area contributed by atoms with Crippen molar-refractivity contribution in [1.29, 1.82) is 0 Å². The maximum Gasteiger partial charge on any atom is 0.267 e. The summed E-state index contributed by atoms with van der Waals surface area (Å²) in [5.41, 5.74) is 2.72. The Balaban J connectivity index is 1.81. The molecular weight excluding hydrogens is 462 g/mol. The number of hydrogen-bond donors (Lipinski definition) is 2. The highest BCUT2D eigenvalue weighted by molar-refractivity contribution is 9.10. The van der Waals surface area contributed by atoms with Crippen LogP contribution in [0.15, 0.2) is 51.8 Å². The minimum atomic E-state index is -3.79. The van der Waals surface area contributed by atoms with Crippen molar-refractivity contribution in [3.05, 3.63) is 68.6 Å². The molecule has 146 valence electrons. The van der Waals surface area contributed by atoms with Gasteiger partial charge in [-0.05, 0) is 56.7 Å². The number of benzene rings is 2. The topological polar surface area (TPSA) is 88.2 Å². The number of nitrogens with one attached hydrogen (secondary N) is 2. The molecule has 0 spiro atoms. The number of carbonyl (C=O) groups excluding carboxylic acids is 1. The largest absolute Gasteiger partial charge is 0.321 e. The molecule has 3 rings (SSSR count). The van der Waals surface area contributed by atoms with E-state index in [-0.39, 0.29) is 15.9 Å². The number of anilines is 2. The minimum absolute atomic E-state index is 0.151. The van der Waals surface area contributed by atoms with E-state index in [9.17, 15) is 13.2 Å². The van der Waals surface area contributed by atoms with Gasteiger partial charge in [0.15, 0.2) is 5.13 Å². The lowest BCUT2D eigenvalue weighted by Crippen LogP contribution is -2.14. The van der Waals surface area contributed by atoms with Gasteiger partial charge in [0, 0.05) is 10.2 Å². The Labute approximate surface area is 176 Å². The molecule has 1 heterocycles. The maximum atomic E-state index is 12.7. The number of sulfonamides is 1. The van der Waals surface area contributed by atoms with Crippen molar-refractivity contribution in [3.8, 4) is 0 Å². The number of hydrogen-bond acceptors (Lipinski definition) is 5. The number of aromatic nitrogens is 1. The summed E-state index contributed by atoms with van der Waals surface area (Å²) < 4.78 is 28.8. The summed E-state index contributed by atoms with van der Waals surface area (Å²) in [4.78, 5) is 17.3. The van der Waals surface area contributed by atoms with E-state index in [2.05, 4.69) is 31.0 Å². The highest BCUT2D eigenvalue weighted by Crippen LogP contribution is 2.27. The summed E-state index contributed by atoms with van der Waals surface area (Å²) in [6, 6.07) is 12.3. The highest BCUT2D eigenvalue weighted by Gasteiger charge is 2.21. The zero-order chi connectivity index (χ0) is 20.5. The molecule has 2 aromatic carbocycles. The molecule has 3 aromatic rings. The van der Waals surface area contributed by atoms with Crippen LogP contribution >= 0.6 is 27.3 Å². The molecule has 0 saturated carbocycles. The molecule has 1 amide bonds. The van der Waals surface area contributed by atoms with Gasteiger partial charge >= 0.3 is 0 Å². The Kier molecular flexibility index (Phi) is 5.87. The normalized spacial score (nSPS) is 11.3. The van der Waals surface area contributed by atoms with Crippen molar-refractivity contribution < 1.29 is 13.2 Å². The molecule has 2 N–H and O–H groups in total. The second-order valence-corrected chi connectivity index (χ2v) is 9.83.